The summed E-state index contributed by atoms with van der Waals surface area (Å²) in [4.78, 5) is 16.1. The van der Waals surface area contributed by atoms with Crippen molar-refractivity contribution in [1.82, 2.24) is 15.1 Å². The zero-order chi connectivity index (χ0) is 15.1. The zero-order valence-corrected chi connectivity index (χ0v) is 12.5. The molecule has 0 radical (unpaired) electrons. The molecule has 2 fully saturated rings. The average molecular weight is 294 g/mol. The molecule has 5 nitrogen and oxygen atoms in total. The van der Waals surface area contributed by atoms with Gasteiger partial charge in [-0.1, -0.05) is 30.3 Å². The molecule has 1 aliphatic heterocycles. The van der Waals surface area contributed by atoms with Gasteiger partial charge in [0.25, 0.3) is 0 Å². The Hall–Kier alpha value is -2.43. The SMILES string of the molecule is CN1C(=O)N(c2ccc(-c3ccccc3)nn2)[C@@H]2CCC[C@@H]21. The molecular formula is C17H18N4O. The van der Waals surface area contributed by atoms with Crippen molar-refractivity contribution in [3.63, 3.8) is 0 Å². The van der Waals surface area contributed by atoms with Gasteiger partial charge in [-0.2, -0.15) is 0 Å². The van der Waals surface area contributed by atoms with Gasteiger partial charge in [0.15, 0.2) is 5.82 Å². The number of rotatable bonds is 2. The fraction of sp³-hybridized carbons (Fsp3) is 0.353. The Kier molecular flexibility index (Phi) is 3.06. The maximum atomic E-state index is 12.5. The van der Waals surface area contributed by atoms with E-state index >= 15 is 0 Å². The van der Waals surface area contributed by atoms with E-state index in [-0.39, 0.29) is 12.1 Å². The highest BCUT2D eigenvalue weighted by Crippen LogP contribution is 2.36. The topological polar surface area (TPSA) is 49.3 Å². The number of hydrogen-bond acceptors (Lipinski definition) is 3. The maximum Gasteiger partial charge on any atom is 0.326 e. The van der Waals surface area contributed by atoms with E-state index in [0.717, 1.165) is 24.1 Å². The molecule has 112 valence electrons. The molecule has 22 heavy (non-hydrogen) atoms. The van der Waals surface area contributed by atoms with Crippen LogP contribution < -0.4 is 4.90 Å². The van der Waals surface area contributed by atoms with Crippen molar-refractivity contribution in [2.75, 3.05) is 11.9 Å². The molecule has 2 aromatic rings. The van der Waals surface area contributed by atoms with Crippen LogP contribution in [-0.2, 0) is 0 Å². The molecule has 1 saturated carbocycles. The quantitative estimate of drug-likeness (QED) is 0.855. The fourth-order valence-electron chi connectivity index (χ4n) is 3.61. The van der Waals surface area contributed by atoms with E-state index in [4.69, 9.17) is 0 Å². The zero-order valence-electron chi connectivity index (χ0n) is 12.5. The van der Waals surface area contributed by atoms with Gasteiger partial charge in [0.2, 0.25) is 0 Å². The molecule has 1 aliphatic carbocycles. The highest BCUT2D eigenvalue weighted by Gasteiger charge is 2.47. The largest absolute Gasteiger partial charge is 0.326 e. The van der Waals surface area contributed by atoms with Gasteiger partial charge in [-0.05, 0) is 31.4 Å². The summed E-state index contributed by atoms with van der Waals surface area (Å²) < 4.78 is 0. The third-order valence-corrected chi connectivity index (χ3v) is 4.75. The predicted molar refractivity (Wildman–Crippen MR) is 84.5 cm³/mol. The molecule has 0 unspecified atom stereocenters. The number of anilines is 1. The minimum Gasteiger partial charge on any atom is -0.322 e. The van der Waals surface area contributed by atoms with E-state index in [0.29, 0.717) is 11.9 Å². The number of carbonyl (C=O) groups is 1. The highest BCUT2D eigenvalue weighted by molar-refractivity contribution is 5.94. The second-order valence-electron chi connectivity index (χ2n) is 5.97. The van der Waals surface area contributed by atoms with E-state index in [1.54, 1.807) is 0 Å². The monoisotopic (exact) mass is 294 g/mol. The summed E-state index contributed by atoms with van der Waals surface area (Å²) in [5, 5.41) is 8.62. The minimum absolute atomic E-state index is 0.0384. The van der Waals surface area contributed by atoms with Crippen molar-refractivity contribution in [2.24, 2.45) is 0 Å². The highest BCUT2D eigenvalue weighted by atomic mass is 16.2. The van der Waals surface area contributed by atoms with Crippen molar-refractivity contribution >= 4 is 11.8 Å². The molecule has 4 rings (SSSR count). The standard InChI is InChI=1S/C17H18N4O/c1-20-14-8-5-9-15(14)21(17(20)22)16-11-10-13(18-19-16)12-6-3-2-4-7-12/h2-4,6-7,10-11,14-15H,5,8-9H2,1H3/t14-,15+/m0/s1. The molecule has 2 heterocycles. The van der Waals surface area contributed by atoms with Crippen molar-refractivity contribution in [3.05, 3.63) is 42.5 Å². The second kappa shape index (κ2) is 5.09. The van der Waals surface area contributed by atoms with Crippen LogP contribution in [0.3, 0.4) is 0 Å². The molecular weight excluding hydrogens is 276 g/mol. The molecule has 2 amide bonds. The lowest BCUT2D eigenvalue weighted by Gasteiger charge is -2.20. The van der Waals surface area contributed by atoms with Gasteiger partial charge in [-0.15, -0.1) is 10.2 Å². The van der Waals surface area contributed by atoms with Crippen LogP contribution in [0.4, 0.5) is 10.6 Å². The van der Waals surface area contributed by atoms with Crippen LogP contribution in [0.15, 0.2) is 42.5 Å². The number of nitrogens with zero attached hydrogens (tertiary/aromatic N) is 4. The molecule has 0 bridgehead atoms. The summed E-state index contributed by atoms with van der Waals surface area (Å²) in [6.45, 7) is 0. The number of benzene rings is 1. The molecule has 2 atom stereocenters. The number of fused-ring (bicyclic) bond motifs is 1. The Bertz CT molecular complexity index is 686. The van der Waals surface area contributed by atoms with E-state index in [9.17, 15) is 4.79 Å². The first-order valence-electron chi connectivity index (χ1n) is 7.71. The van der Waals surface area contributed by atoms with Crippen LogP contribution in [0, 0.1) is 0 Å². The van der Waals surface area contributed by atoms with E-state index in [1.807, 2.05) is 59.3 Å². The third kappa shape index (κ3) is 1.96. The number of urea groups is 1. The summed E-state index contributed by atoms with van der Waals surface area (Å²) in [6, 6.07) is 14.4. The van der Waals surface area contributed by atoms with E-state index in [1.165, 1.54) is 6.42 Å². The molecule has 1 aromatic heterocycles. The Morgan fingerprint density at radius 3 is 2.50 bits per heavy atom. The molecule has 1 aromatic carbocycles. The molecule has 5 heteroatoms. The number of likely N-dealkylation sites (N-methyl/N-ethyl adjacent to an activating group) is 1. The van der Waals surface area contributed by atoms with Gasteiger partial charge in [0.05, 0.1) is 17.8 Å². The van der Waals surface area contributed by atoms with Crippen LogP contribution in [-0.4, -0.2) is 40.3 Å². The molecule has 0 N–H and O–H groups in total. The summed E-state index contributed by atoms with van der Waals surface area (Å²) >= 11 is 0. The van der Waals surface area contributed by atoms with E-state index < -0.39 is 0 Å². The van der Waals surface area contributed by atoms with Crippen molar-refractivity contribution < 1.29 is 4.79 Å². The fourth-order valence-corrected chi connectivity index (χ4v) is 3.61. The third-order valence-electron chi connectivity index (χ3n) is 4.75. The van der Waals surface area contributed by atoms with Crippen LogP contribution in [0.5, 0.6) is 0 Å². The van der Waals surface area contributed by atoms with Gasteiger partial charge >= 0.3 is 6.03 Å². The Balaban J connectivity index is 1.65. The molecule has 0 spiro atoms. The van der Waals surface area contributed by atoms with Crippen molar-refractivity contribution in [2.45, 2.75) is 31.3 Å². The van der Waals surface area contributed by atoms with E-state index in [2.05, 4.69) is 10.2 Å². The van der Waals surface area contributed by atoms with Crippen LogP contribution >= 0.6 is 0 Å². The first-order valence-corrected chi connectivity index (χ1v) is 7.71. The normalized spacial score (nSPS) is 24.0. The first kappa shape index (κ1) is 13.2. The first-order chi connectivity index (χ1) is 10.8. The smallest absolute Gasteiger partial charge is 0.322 e. The second-order valence-corrected chi connectivity index (χ2v) is 5.97. The lowest BCUT2D eigenvalue weighted by Crippen LogP contribution is -2.34. The summed E-state index contributed by atoms with van der Waals surface area (Å²) in [6.07, 6.45) is 3.29. The number of aromatic nitrogens is 2. The number of amides is 2. The molecule has 1 saturated heterocycles. The summed E-state index contributed by atoms with van der Waals surface area (Å²) in [7, 11) is 1.89. The predicted octanol–water partition coefficient (Wildman–Crippen LogP) is 2.94. The lowest BCUT2D eigenvalue weighted by atomic mass is 10.1. The van der Waals surface area contributed by atoms with Crippen LogP contribution in [0.2, 0.25) is 0 Å². The maximum absolute atomic E-state index is 12.5. The van der Waals surface area contributed by atoms with Gasteiger partial charge in [-0.25, -0.2) is 4.79 Å². The van der Waals surface area contributed by atoms with Crippen LogP contribution in [0.25, 0.3) is 11.3 Å². The Labute approximate surface area is 129 Å². The molecule has 2 aliphatic rings. The average Bonchev–Trinajstić information content (AvgIpc) is 3.12. The lowest BCUT2D eigenvalue weighted by molar-refractivity contribution is 0.218. The Morgan fingerprint density at radius 2 is 1.77 bits per heavy atom. The van der Waals surface area contributed by atoms with Gasteiger partial charge in [0, 0.05) is 12.6 Å². The van der Waals surface area contributed by atoms with Gasteiger partial charge in [-0.3, -0.25) is 4.90 Å². The van der Waals surface area contributed by atoms with Crippen LogP contribution in [0.1, 0.15) is 19.3 Å². The summed E-state index contributed by atoms with van der Waals surface area (Å²) in [5.41, 5.74) is 1.86. The van der Waals surface area contributed by atoms with Gasteiger partial charge in [0.1, 0.15) is 0 Å². The van der Waals surface area contributed by atoms with Gasteiger partial charge < -0.3 is 4.90 Å². The number of hydrogen-bond donors (Lipinski definition) is 0. The van der Waals surface area contributed by atoms with Crippen molar-refractivity contribution in [1.29, 1.82) is 0 Å². The number of carbonyl (C=O) groups excluding carboxylic acids is 1. The Morgan fingerprint density at radius 1 is 1.00 bits per heavy atom. The summed E-state index contributed by atoms with van der Waals surface area (Å²) in [5.74, 6) is 0.658. The van der Waals surface area contributed by atoms with Crippen molar-refractivity contribution in [3.8, 4) is 11.3 Å². The minimum atomic E-state index is 0.0384.